The van der Waals surface area contributed by atoms with Crippen molar-refractivity contribution in [1.82, 2.24) is 9.80 Å². The highest BCUT2D eigenvalue weighted by atomic mass is 16.5. The molecular weight excluding hydrogens is 292 g/mol. The summed E-state index contributed by atoms with van der Waals surface area (Å²) in [5.74, 6) is -0.176. The van der Waals surface area contributed by atoms with Crippen LogP contribution in [0.5, 0.6) is 0 Å². The van der Waals surface area contributed by atoms with E-state index in [9.17, 15) is 9.90 Å². The molecule has 1 aromatic carbocycles. The smallest absolute Gasteiger partial charge is 0.256 e. The van der Waals surface area contributed by atoms with Gasteiger partial charge in [0, 0.05) is 32.2 Å². The minimum Gasteiger partial charge on any atom is -0.378 e. The summed E-state index contributed by atoms with van der Waals surface area (Å²) in [7, 11) is 0. The number of piperidine rings is 1. The SMILES string of the molecule is CC1CN(C2CCN(C(=O)C(O)c3ccccc3)CC2)CCO1. The Morgan fingerprint density at radius 3 is 2.57 bits per heavy atom. The normalized spacial score (nSPS) is 25.3. The Morgan fingerprint density at radius 1 is 1.22 bits per heavy atom. The average molecular weight is 318 g/mol. The van der Waals surface area contributed by atoms with Crippen LogP contribution in [-0.4, -0.2) is 65.7 Å². The Morgan fingerprint density at radius 2 is 1.91 bits per heavy atom. The molecule has 0 saturated carbocycles. The molecule has 1 N–H and O–H groups in total. The zero-order chi connectivity index (χ0) is 16.2. The molecule has 0 aliphatic carbocycles. The third-order valence-corrected chi connectivity index (χ3v) is 4.91. The molecule has 5 heteroatoms. The molecule has 23 heavy (non-hydrogen) atoms. The predicted molar refractivity (Wildman–Crippen MR) is 88.0 cm³/mol. The predicted octanol–water partition coefficient (Wildman–Crippen LogP) is 1.43. The van der Waals surface area contributed by atoms with E-state index in [1.165, 1.54) is 0 Å². The first-order valence-corrected chi connectivity index (χ1v) is 8.52. The number of likely N-dealkylation sites (tertiary alicyclic amines) is 1. The van der Waals surface area contributed by atoms with E-state index in [-0.39, 0.29) is 5.91 Å². The summed E-state index contributed by atoms with van der Waals surface area (Å²) in [5.41, 5.74) is 0.668. The van der Waals surface area contributed by atoms with E-state index in [4.69, 9.17) is 4.74 Å². The molecule has 0 radical (unpaired) electrons. The summed E-state index contributed by atoms with van der Waals surface area (Å²) in [5, 5.41) is 10.3. The van der Waals surface area contributed by atoms with E-state index in [2.05, 4.69) is 11.8 Å². The molecule has 2 unspecified atom stereocenters. The number of nitrogens with zero attached hydrogens (tertiary/aromatic N) is 2. The van der Waals surface area contributed by atoms with Gasteiger partial charge in [-0.15, -0.1) is 0 Å². The molecule has 2 atom stereocenters. The first-order valence-electron chi connectivity index (χ1n) is 8.52. The highest BCUT2D eigenvalue weighted by Gasteiger charge is 2.31. The highest BCUT2D eigenvalue weighted by Crippen LogP contribution is 2.22. The number of morpholine rings is 1. The summed E-state index contributed by atoms with van der Waals surface area (Å²) in [6, 6.07) is 9.69. The van der Waals surface area contributed by atoms with Gasteiger partial charge in [0.1, 0.15) is 0 Å². The van der Waals surface area contributed by atoms with Crippen molar-refractivity contribution in [2.24, 2.45) is 0 Å². The maximum absolute atomic E-state index is 12.5. The summed E-state index contributed by atoms with van der Waals surface area (Å²) in [6.45, 7) is 6.31. The second-order valence-corrected chi connectivity index (χ2v) is 6.55. The van der Waals surface area contributed by atoms with Crippen LogP contribution in [0.2, 0.25) is 0 Å². The summed E-state index contributed by atoms with van der Waals surface area (Å²) >= 11 is 0. The fraction of sp³-hybridized carbons (Fsp3) is 0.611. The number of carbonyl (C=O) groups excluding carboxylic acids is 1. The molecular formula is C18H26N2O3. The minimum absolute atomic E-state index is 0.176. The van der Waals surface area contributed by atoms with Crippen molar-refractivity contribution in [3.05, 3.63) is 35.9 Å². The third kappa shape index (κ3) is 3.91. The second kappa shape index (κ2) is 7.43. The third-order valence-electron chi connectivity index (χ3n) is 4.91. The molecule has 1 amide bonds. The van der Waals surface area contributed by atoms with Crippen molar-refractivity contribution < 1.29 is 14.6 Å². The molecule has 0 bridgehead atoms. The Labute approximate surface area is 137 Å². The number of benzene rings is 1. The summed E-state index contributed by atoms with van der Waals surface area (Å²) < 4.78 is 5.60. The zero-order valence-corrected chi connectivity index (χ0v) is 13.7. The van der Waals surface area contributed by atoms with Gasteiger partial charge in [-0.2, -0.15) is 0 Å². The number of hydrogen-bond donors (Lipinski definition) is 1. The quantitative estimate of drug-likeness (QED) is 0.916. The van der Waals surface area contributed by atoms with Crippen molar-refractivity contribution in [3.8, 4) is 0 Å². The van der Waals surface area contributed by atoms with Gasteiger partial charge >= 0.3 is 0 Å². The largest absolute Gasteiger partial charge is 0.378 e. The van der Waals surface area contributed by atoms with Gasteiger partial charge in [-0.05, 0) is 25.3 Å². The van der Waals surface area contributed by atoms with E-state index in [1.807, 2.05) is 18.2 Å². The Balaban J connectivity index is 1.53. The van der Waals surface area contributed by atoms with Crippen LogP contribution < -0.4 is 0 Å². The first-order chi connectivity index (χ1) is 11.1. The number of rotatable bonds is 3. The van der Waals surface area contributed by atoms with Gasteiger partial charge in [0.25, 0.3) is 5.91 Å². The van der Waals surface area contributed by atoms with Gasteiger partial charge in [0.15, 0.2) is 6.10 Å². The van der Waals surface area contributed by atoms with Gasteiger partial charge in [-0.3, -0.25) is 9.69 Å². The zero-order valence-electron chi connectivity index (χ0n) is 13.7. The lowest BCUT2D eigenvalue weighted by Gasteiger charge is -2.42. The molecule has 2 heterocycles. The summed E-state index contributed by atoms with van der Waals surface area (Å²) in [4.78, 5) is 16.8. The van der Waals surface area contributed by atoms with Crippen LogP contribution in [-0.2, 0) is 9.53 Å². The van der Waals surface area contributed by atoms with Gasteiger partial charge in [0.05, 0.1) is 12.7 Å². The standard InChI is InChI=1S/C18H26N2O3/c1-14-13-20(11-12-23-14)16-7-9-19(10-8-16)18(22)17(21)15-5-3-2-4-6-15/h2-6,14,16-17,21H,7-13H2,1H3. The van der Waals surface area contributed by atoms with E-state index in [0.717, 1.165) is 45.6 Å². The highest BCUT2D eigenvalue weighted by molar-refractivity contribution is 5.82. The first kappa shape index (κ1) is 16.4. The van der Waals surface area contributed by atoms with Crippen LogP contribution in [0.1, 0.15) is 31.4 Å². The van der Waals surface area contributed by atoms with Gasteiger partial charge in [-0.25, -0.2) is 0 Å². The maximum Gasteiger partial charge on any atom is 0.256 e. The molecule has 1 aromatic rings. The second-order valence-electron chi connectivity index (χ2n) is 6.55. The number of hydrogen-bond acceptors (Lipinski definition) is 4. The molecule has 2 fully saturated rings. The topological polar surface area (TPSA) is 53.0 Å². The van der Waals surface area contributed by atoms with Crippen molar-refractivity contribution in [3.63, 3.8) is 0 Å². The molecule has 0 spiro atoms. The van der Waals surface area contributed by atoms with Crippen LogP contribution in [0.25, 0.3) is 0 Å². The lowest BCUT2D eigenvalue weighted by molar-refractivity contribution is -0.142. The van der Waals surface area contributed by atoms with Gasteiger partial charge < -0.3 is 14.7 Å². The van der Waals surface area contributed by atoms with Crippen LogP contribution >= 0.6 is 0 Å². The van der Waals surface area contributed by atoms with Crippen LogP contribution in [0.4, 0.5) is 0 Å². The minimum atomic E-state index is -1.05. The lowest BCUT2D eigenvalue weighted by Crippen LogP contribution is -2.52. The Kier molecular flexibility index (Phi) is 5.30. The van der Waals surface area contributed by atoms with Crippen molar-refractivity contribution in [2.45, 2.75) is 38.0 Å². The Hall–Kier alpha value is -1.43. The maximum atomic E-state index is 12.5. The number of aliphatic hydroxyl groups excluding tert-OH is 1. The molecule has 3 rings (SSSR count). The fourth-order valence-corrected chi connectivity index (χ4v) is 3.58. The van der Waals surface area contributed by atoms with E-state index < -0.39 is 6.10 Å². The van der Waals surface area contributed by atoms with Gasteiger partial charge in [-0.1, -0.05) is 30.3 Å². The van der Waals surface area contributed by atoms with Crippen molar-refractivity contribution >= 4 is 5.91 Å². The van der Waals surface area contributed by atoms with E-state index in [0.29, 0.717) is 17.7 Å². The number of amides is 1. The molecule has 2 aliphatic heterocycles. The molecule has 126 valence electrons. The van der Waals surface area contributed by atoms with Crippen molar-refractivity contribution in [2.75, 3.05) is 32.8 Å². The molecule has 5 nitrogen and oxygen atoms in total. The van der Waals surface area contributed by atoms with E-state index in [1.54, 1.807) is 17.0 Å². The Bertz CT molecular complexity index is 514. The molecule has 2 saturated heterocycles. The average Bonchev–Trinajstić information content (AvgIpc) is 2.61. The van der Waals surface area contributed by atoms with Crippen LogP contribution in [0.3, 0.4) is 0 Å². The van der Waals surface area contributed by atoms with Crippen LogP contribution in [0.15, 0.2) is 30.3 Å². The molecule has 2 aliphatic rings. The molecule has 0 aromatic heterocycles. The number of ether oxygens (including phenoxy) is 1. The number of aliphatic hydroxyl groups is 1. The van der Waals surface area contributed by atoms with E-state index >= 15 is 0 Å². The number of carbonyl (C=O) groups is 1. The fourth-order valence-electron chi connectivity index (χ4n) is 3.58. The monoisotopic (exact) mass is 318 g/mol. The summed E-state index contributed by atoms with van der Waals surface area (Å²) in [6.07, 6.45) is 1.19. The lowest BCUT2D eigenvalue weighted by atomic mass is 10.0. The van der Waals surface area contributed by atoms with Crippen LogP contribution in [0, 0.1) is 0 Å². The van der Waals surface area contributed by atoms with Gasteiger partial charge in [0.2, 0.25) is 0 Å². The van der Waals surface area contributed by atoms with Crippen molar-refractivity contribution in [1.29, 1.82) is 0 Å².